The van der Waals surface area contributed by atoms with Crippen LogP contribution in [-0.4, -0.2) is 27.2 Å². The third-order valence-corrected chi connectivity index (χ3v) is 3.17. The summed E-state index contributed by atoms with van der Waals surface area (Å²) in [6.45, 7) is 5.56. The lowest BCUT2D eigenvalue weighted by atomic mass is 9.72. The van der Waals surface area contributed by atoms with Crippen molar-refractivity contribution in [3.63, 3.8) is 0 Å². The molecule has 4 heteroatoms. The number of hydrogen-bond acceptors (Lipinski definition) is 2. The second-order valence-corrected chi connectivity index (χ2v) is 5.21. The lowest BCUT2D eigenvalue weighted by Crippen LogP contribution is -2.49. The van der Waals surface area contributed by atoms with Gasteiger partial charge in [-0.3, -0.25) is 0 Å². The third-order valence-electron chi connectivity index (χ3n) is 2.71. The first-order valence-corrected chi connectivity index (χ1v) is 5.13. The van der Waals surface area contributed by atoms with Crippen LogP contribution in [0.1, 0.15) is 20.8 Å². The number of aliphatic hydroxyl groups is 1. The van der Waals surface area contributed by atoms with Gasteiger partial charge in [-0.2, -0.15) is 0 Å². The molecule has 2 atom stereocenters. The Morgan fingerprint density at radius 3 is 2.40 bits per heavy atom. The molecule has 0 spiro atoms. The zero-order valence-electron chi connectivity index (χ0n) is 8.99. The zero-order valence-corrected chi connectivity index (χ0v) is 9.75. The predicted molar refractivity (Wildman–Crippen MR) is 58.9 cm³/mol. The molecule has 0 aromatic carbocycles. The molecule has 0 saturated heterocycles. The Labute approximate surface area is 94.1 Å². The van der Waals surface area contributed by atoms with Crippen LogP contribution in [0.25, 0.3) is 0 Å². The van der Waals surface area contributed by atoms with Crippen LogP contribution in [0.5, 0.6) is 0 Å². The molecule has 0 heterocycles. The average molecular weight is 231 g/mol. The Morgan fingerprint density at radius 1 is 1.53 bits per heavy atom. The molecule has 0 radical (unpaired) electrons. The van der Waals surface area contributed by atoms with Crippen molar-refractivity contribution in [2.45, 2.75) is 31.7 Å². The number of aliphatic carboxylic acids is 1. The molecule has 0 fully saturated rings. The monoisotopic (exact) mass is 230 g/mol. The first kappa shape index (κ1) is 12.3. The van der Waals surface area contributed by atoms with Gasteiger partial charge in [0, 0.05) is 0 Å². The lowest BCUT2D eigenvalue weighted by molar-refractivity contribution is -0.132. The molecule has 3 nitrogen and oxygen atoms in total. The topological polar surface area (TPSA) is 57.5 Å². The van der Waals surface area contributed by atoms with Crippen molar-refractivity contribution in [2.75, 3.05) is 0 Å². The highest BCUT2D eigenvalue weighted by atomic mass is 35.5. The van der Waals surface area contributed by atoms with Gasteiger partial charge in [0.15, 0.2) is 0 Å². The molecule has 0 bridgehead atoms. The molecule has 0 aromatic rings. The quantitative estimate of drug-likeness (QED) is 0.677. The Kier molecular flexibility index (Phi) is 2.99. The van der Waals surface area contributed by atoms with Crippen LogP contribution in [0.15, 0.2) is 23.8 Å². The van der Waals surface area contributed by atoms with Crippen molar-refractivity contribution in [1.29, 1.82) is 0 Å². The van der Waals surface area contributed by atoms with E-state index in [1.54, 1.807) is 0 Å². The Bertz CT molecular complexity index is 338. The molecule has 15 heavy (non-hydrogen) atoms. The van der Waals surface area contributed by atoms with Gasteiger partial charge in [0.25, 0.3) is 0 Å². The largest absolute Gasteiger partial charge is 0.478 e. The fourth-order valence-electron chi connectivity index (χ4n) is 1.46. The van der Waals surface area contributed by atoms with Gasteiger partial charge in [-0.05, 0) is 23.6 Å². The van der Waals surface area contributed by atoms with Crippen LogP contribution in [0.3, 0.4) is 0 Å². The first-order chi connectivity index (χ1) is 6.68. The van der Waals surface area contributed by atoms with Gasteiger partial charge in [0.2, 0.25) is 0 Å². The van der Waals surface area contributed by atoms with E-state index >= 15 is 0 Å². The molecule has 2 N–H and O–H groups in total. The molecule has 1 aliphatic carbocycles. The summed E-state index contributed by atoms with van der Waals surface area (Å²) in [6.07, 6.45) is 4.23. The minimum Gasteiger partial charge on any atom is -0.478 e. The first-order valence-electron chi connectivity index (χ1n) is 4.69. The van der Waals surface area contributed by atoms with E-state index in [0.29, 0.717) is 0 Å². The average Bonchev–Trinajstić information content (AvgIpc) is 2.07. The minimum absolute atomic E-state index is 0.115. The third kappa shape index (κ3) is 2.08. The van der Waals surface area contributed by atoms with Gasteiger partial charge >= 0.3 is 5.97 Å². The van der Waals surface area contributed by atoms with Crippen LogP contribution in [0, 0.1) is 5.41 Å². The summed E-state index contributed by atoms with van der Waals surface area (Å²) in [5.74, 6) is -1.03. The fraction of sp³-hybridized carbons (Fsp3) is 0.545. The van der Waals surface area contributed by atoms with E-state index in [4.69, 9.17) is 16.7 Å². The lowest BCUT2D eigenvalue weighted by Gasteiger charge is -2.41. The van der Waals surface area contributed by atoms with E-state index in [1.807, 2.05) is 20.8 Å². The highest BCUT2D eigenvalue weighted by Gasteiger charge is 2.44. The molecular formula is C11H15ClO3. The summed E-state index contributed by atoms with van der Waals surface area (Å²) in [4.78, 5) is 10.7. The molecular weight excluding hydrogens is 216 g/mol. The van der Waals surface area contributed by atoms with Crippen molar-refractivity contribution < 1.29 is 15.0 Å². The molecule has 1 rings (SSSR count). The molecule has 2 unspecified atom stereocenters. The number of halogens is 1. The van der Waals surface area contributed by atoms with Crippen LogP contribution in [-0.2, 0) is 4.79 Å². The standard InChI is InChI=1S/C11H15ClO3/c1-10(2,3)11(15)5-4-7(9(13)14)6-8(11)12/h4-6,8,15H,1-3H3,(H,13,14). The summed E-state index contributed by atoms with van der Waals surface area (Å²) >= 11 is 6.01. The van der Waals surface area contributed by atoms with Gasteiger partial charge in [-0.1, -0.05) is 20.8 Å². The number of carbonyl (C=O) groups is 1. The van der Waals surface area contributed by atoms with Crippen LogP contribution in [0.2, 0.25) is 0 Å². The van der Waals surface area contributed by atoms with Crippen molar-refractivity contribution in [2.24, 2.45) is 5.41 Å². The molecule has 0 amide bonds. The second-order valence-electron chi connectivity index (χ2n) is 4.74. The molecule has 0 aromatic heterocycles. The Morgan fingerprint density at radius 2 is 2.07 bits per heavy atom. The number of carboxylic acid groups (broad SMARTS) is 1. The predicted octanol–water partition coefficient (Wildman–Crippen LogP) is 1.95. The molecule has 0 saturated carbocycles. The number of hydrogen-bond donors (Lipinski definition) is 2. The van der Waals surface area contributed by atoms with Crippen LogP contribution in [0.4, 0.5) is 0 Å². The summed E-state index contributed by atoms with van der Waals surface area (Å²) in [5, 5.41) is 18.4. The van der Waals surface area contributed by atoms with Gasteiger partial charge in [-0.25, -0.2) is 4.79 Å². The maximum Gasteiger partial charge on any atom is 0.335 e. The molecule has 1 aliphatic rings. The maximum absolute atomic E-state index is 10.7. The SMILES string of the molecule is CC(C)(C)C1(O)C=CC(C(=O)O)=CC1Cl. The van der Waals surface area contributed by atoms with Gasteiger partial charge < -0.3 is 10.2 Å². The normalized spacial score (nSPS) is 31.3. The molecule has 84 valence electrons. The number of carboxylic acids is 1. The van der Waals surface area contributed by atoms with E-state index in [-0.39, 0.29) is 5.57 Å². The van der Waals surface area contributed by atoms with Crippen molar-refractivity contribution in [3.8, 4) is 0 Å². The summed E-state index contributed by atoms with van der Waals surface area (Å²) in [6, 6.07) is 0. The van der Waals surface area contributed by atoms with E-state index in [0.717, 1.165) is 0 Å². The maximum atomic E-state index is 10.7. The van der Waals surface area contributed by atoms with E-state index in [9.17, 15) is 9.90 Å². The van der Waals surface area contributed by atoms with E-state index < -0.39 is 22.4 Å². The van der Waals surface area contributed by atoms with Crippen molar-refractivity contribution >= 4 is 17.6 Å². The van der Waals surface area contributed by atoms with E-state index in [2.05, 4.69) is 0 Å². The number of alkyl halides is 1. The summed E-state index contributed by atoms with van der Waals surface area (Å²) in [5.41, 5.74) is -1.55. The minimum atomic E-state index is -1.21. The highest BCUT2D eigenvalue weighted by Crippen LogP contribution is 2.40. The zero-order chi connectivity index (χ0) is 11.9. The highest BCUT2D eigenvalue weighted by molar-refractivity contribution is 6.23. The number of rotatable bonds is 1. The van der Waals surface area contributed by atoms with Gasteiger partial charge in [-0.15, -0.1) is 11.6 Å². The van der Waals surface area contributed by atoms with Crippen LogP contribution < -0.4 is 0 Å². The Balaban J connectivity index is 3.06. The van der Waals surface area contributed by atoms with E-state index in [1.165, 1.54) is 18.2 Å². The van der Waals surface area contributed by atoms with Crippen molar-refractivity contribution in [1.82, 2.24) is 0 Å². The Hall–Kier alpha value is -0.800. The fourth-order valence-corrected chi connectivity index (χ4v) is 1.99. The summed E-state index contributed by atoms with van der Waals surface area (Å²) < 4.78 is 0. The molecule has 0 aliphatic heterocycles. The van der Waals surface area contributed by atoms with Crippen LogP contribution >= 0.6 is 11.6 Å². The van der Waals surface area contributed by atoms with Gasteiger partial charge in [0.1, 0.15) is 5.60 Å². The van der Waals surface area contributed by atoms with Crippen molar-refractivity contribution in [3.05, 3.63) is 23.8 Å². The smallest absolute Gasteiger partial charge is 0.335 e. The summed E-state index contributed by atoms with van der Waals surface area (Å²) in [7, 11) is 0. The van der Waals surface area contributed by atoms with Gasteiger partial charge in [0.05, 0.1) is 11.0 Å². The second kappa shape index (κ2) is 3.65.